The number of nitrogens with one attached hydrogen (secondary N) is 1. The molecule has 0 atom stereocenters. The molecule has 2 rings (SSSR count). The minimum Gasteiger partial charge on any atom is -0.432 e. The van der Waals surface area contributed by atoms with E-state index in [0.29, 0.717) is 12.6 Å². The van der Waals surface area contributed by atoms with Gasteiger partial charge < -0.3 is 9.73 Å². The van der Waals surface area contributed by atoms with Crippen molar-refractivity contribution in [2.24, 2.45) is 0 Å². The van der Waals surface area contributed by atoms with Gasteiger partial charge in [-0.25, -0.2) is 4.98 Å². The summed E-state index contributed by atoms with van der Waals surface area (Å²) in [6, 6.07) is 4.42. The Bertz CT molecular complexity index is 355. The van der Waals surface area contributed by atoms with Crippen molar-refractivity contribution in [3.05, 3.63) is 42.5 Å². The lowest BCUT2D eigenvalue weighted by atomic mass is 10.3. The highest BCUT2D eigenvalue weighted by Crippen LogP contribution is 2.04. The Balaban J connectivity index is 0. The molecule has 90 valence electrons. The second kappa shape index (κ2) is 9.27. The number of pyridine rings is 1. The van der Waals surface area contributed by atoms with Crippen molar-refractivity contribution in [3.8, 4) is 0 Å². The van der Waals surface area contributed by atoms with Crippen molar-refractivity contribution >= 4 is 43.2 Å². The molecule has 0 saturated carbocycles. The normalized spacial score (nSPS) is 8.00. The standard InChI is InChI=1S/C9H9N3O.3ClH/c1-2-8(6-10-3-1)7-12-9-11-4-5-13-9;;;/h1-6H,7H2,(H,11,12);3*1H. The van der Waals surface area contributed by atoms with E-state index in [1.165, 1.54) is 6.26 Å². The highest BCUT2D eigenvalue weighted by Gasteiger charge is 1.95. The number of halogens is 3. The van der Waals surface area contributed by atoms with Gasteiger partial charge in [0, 0.05) is 18.9 Å². The van der Waals surface area contributed by atoms with Crippen molar-refractivity contribution in [3.63, 3.8) is 0 Å². The third-order valence-corrected chi connectivity index (χ3v) is 1.60. The van der Waals surface area contributed by atoms with Crippen LogP contribution in [0.15, 0.2) is 41.4 Å². The van der Waals surface area contributed by atoms with Crippen molar-refractivity contribution < 1.29 is 4.42 Å². The quantitative estimate of drug-likeness (QED) is 0.941. The van der Waals surface area contributed by atoms with E-state index in [1.807, 2.05) is 12.1 Å². The second-order valence-corrected chi connectivity index (χ2v) is 2.55. The maximum absolute atomic E-state index is 5.01. The SMILES string of the molecule is Cl.Cl.Cl.c1cncc(CNc2ncco2)c1. The van der Waals surface area contributed by atoms with Gasteiger partial charge in [0.25, 0.3) is 6.01 Å². The van der Waals surface area contributed by atoms with Gasteiger partial charge in [-0.3, -0.25) is 4.98 Å². The minimum absolute atomic E-state index is 0. The van der Waals surface area contributed by atoms with Gasteiger partial charge in [0.1, 0.15) is 6.26 Å². The smallest absolute Gasteiger partial charge is 0.294 e. The zero-order valence-electron chi connectivity index (χ0n) is 8.20. The zero-order chi connectivity index (χ0) is 8.93. The van der Waals surface area contributed by atoms with Crippen LogP contribution in [-0.4, -0.2) is 9.97 Å². The van der Waals surface area contributed by atoms with Crippen molar-refractivity contribution in [1.29, 1.82) is 0 Å². The Morgan fingerprint density at radius 2 is 2.00 bits per heavy atom. The molecule has 2 heterocycles. The van der Waals surface area contributed by atoms with Gasteiger partial charge in [0.15, 0.2) is 0 Å². The first kappa shape index (κ1) is 17.4. The Hall–Kier alpha value is -0.970. The third kappa shape index (κ3) is 5.21. The molecule has 16 heavy (non-hydrogen) atoms. The molecule has 1 N–H and O–H groups in total. The molecule has 0 amide bonds. The maximum Gasteiger partial charge on any atom is 0.294 e. The van der Waals surface area contributed by atoms with E-state index in [2.05, 4.69) is 15.3 Å². The van der Waals surface area contributed by atoms with Crippen molar-refractivity contribution in [2.75, 3.05) is 5.32 Å². The summed E-state index contributed by atoms with van der Waals surface area (Å²) in [5.41, 5.74) is 1.10. The van der Waals surface area contributed by atoms with Crippen LogP contribution in [0, 0.1) is 0 Å². The molecule has 0 bridgehead atoms. The van der Waals surface area contributed by atoms with Crippen LogP contribution in [0.2, 0.25) is 0 Å². The fourth-order valence-electron chi connectivity index (χ4n) is 0.991. The summed E-state index contributed by atoms with van der Waals surface area (Å²) in [5.74, 6) is 0. The summed E-state index contributed by atoms with van der Waals surface area (Å²) >= 11 is 0. The fraction of sp³-hybridized carbons (Fsp3) is 0.111. The van der Waals surface area contributed by atoms with Crippen LogP contribution in [-0.2, 0) is 6.54 Å². The Labute approximate surface area is 112 Å². The van der Waals surface area contributed by atoms with E-state index in [9.17, 15) is 0 Å². The van der Waals surface area contributed by atoms with Gasteiger partial charge in [0.2, 0.25) is 0 Å². The molecule has 0 spiro atoms. The van der Waals surface area contributed by atoms with Crippen LogP contribution < -0.4 is 5.32 Å². The van der Waals surface area contributed by atoms with Gasteiger partial charge >= 0.3 is 0 Å². The summed E-state index contributed by atoms with van der Waals surface area (Å²) in [4.78, 5) is 7.93. The number of hydrogen-bond donors (Lipinski definition) is 1. The molecule has 0 saturated heterocycles. The van der Waals surface area contributed by atoms with Crippen molar-refractivity contribution in [2.45, 2.75) is 6.54 Å². The lowest BCUT2D eigenvalue weighted by Crippen LogP contribution is -1.99. The predicted octanol–water partition coefficient (Wildman–Crippen LogP) is 2.95. The average molecular weight is 285 g/mol. The molecular weight excluding hydrogens is 272 g/mol. The lowest BCUT2D eigenvalue weighted by Gasteiger charge is -1.99. The molecule has 0 aliphatic heterocycles. The van der Waals surface area contributed by atoms with E-state index in [0.717, 1.165) is 5.56 Å². The van der Waals surface area contributed by atoms with E-state index >= 15 is 0 Å². The maximum atomic E-state index is 5.01. The van der Waals surface area contributed by atoms with Crippen LogP contribution in [0.1, 0.15) is 5.56 Å². The third-order valence-electron chi connectivity index (χ3n) is 1.60. The molecule has 0 unspecified atom stereocenters. The van der Waals surface area contributed by atoms with Crippen molar-refractivity contribution in [1.82, 2.24) is 9.97 Å². The zero-order valence-corrected chi connectivity index (χ0v) is 10.6. The summed E-state index contributed by atoms with van der Waals surface area (Å²) in [7, 11) is 0. The number of aromatic nitrogens is 2. The van der Waals surface area contributed by atoms with E-state index in [4.69, 9.17) is 4.42 Å². The van der Waals surface area contributed by atoms with Crippen LogP contribution in [0.5, 0.6) is 0 Å². The molecule has 0 fully saturated rings. The summed E-state index contributed by atoms with van der Waals surface area (Å²) in [5, 5.41) is 3.02. The van der Waals surface area contributed by atoms with Gasteiger partial charge in [0.05, 0.1) is 6.20 Å². The first-order valence-corrected chi connectivity index (χ1v) is 3.97. The van der Waals surface area contributed by atoms with Gasteiger partial charge in [-0.05, 0) is 11.6 Å². The first-order valence-electron chi connectivity index (χ1n) is 3.97. The molecule has 7 heteroatoms. The Morgan fingerprint density at radius 3 is 2.56 bits per heavy atom. The lowest BCUT2D eigenvalue weighted by molar-refractivity contribution is 0.571. The molecule has 2 aromatic rings. The molecule has 0 aliphatic rings. The Morgan fingerprint density at radius 1 is 1.19 bits per heavy atom. The molecule has 0 radical (unpaired) electrons. The number of rotatable bonds is 3. The monoisotopic (exact) mass is 283 g/mol. The molecule has 0 aromatic carbocycles. The van der Waals surface area contributed by atoms with Crippen LogP contribution >= 0.6 is 37.2 Å². The highest BCUT2D eigenvalue weighted by atomic mass is 35.5. The largest absolute Gasteiger partial charge is 0.432 e. The number of hydrogen-bond acceptors (Lipinski definition) is 4. The van der Waals surface area contributed by atoms with Crippen LogP contribution in [0.25, 0.3) is 0 Å². The fourth-order valence-corrected chi connectivity index (χ4v) is 0.991. The molecular formula is C9H12Cl3N3O. The summed E-state index contributed by atoms with van der Waals surface area (Å²) in [6.45, 7) is 0.675. The molecule has 2 aromatic heterocycles. The summed E-state index contributed by atoms with van der Waals surface area (Å²) < 4.78 is 5.01. The predicted molar refractivity (Wildman–Crippen MR) is 69.8 cm³/mol. The molecule has 0 aliphatic carbocycles. The highest BCUT2D eigenvalue weighted by molar-refractivity contribution is 5.86. The van der Waals surface area contributed by atoms with Crippen LogP contribution in [0.3, 0.4) is 0 Å². The van der Waals surface area contributed by atoms with E-state index in [1.54, 1.807) is 18.6 Å². The topological polar surface area (TPSA) is 51.0 Å². The van der Waals surface area contributed by atoms with E-state index in [-0.39, 0.29) is 37.2 Å². The second-order valence-electron chi connectivity index (χ2n) is 2.55. The number of oxazole rings is 1. The number of anilines is 1. The van der Waals surface area contributed by atoms with E-state index < -0.39 is 0 Å². The molecule has 4 nitrogen and oxygen atoms in total. The minimum atomic E-state index is 0. The Kier molecular flexibility index (Phi) is 10.1. The number of nitrogens with zero attached hydrogens (tertiary/aromatic N) is 2. The van der Waals surface area contributed by atoms with Gasteiger partial charge in [-0.15, -0.1) is 37.2 Å². The first-order chi connectivity index (χ1) is 6.45. The van der Waals surface area contributed by atoms with Gasteiger partial charge in [-0.2, -0.15) is 0 Å². The average Bonchev–Trinajstić information content (AvgIpc) is 2.69. The van der Waals surface area contributed by atoms with Crippen LogP contribution in [0.4, 0.5) is 6.01 Å². The summed E-state index contributed by atoms with van der Waals surface area (Å²) in [6.07, 6.45) is 6.68. The van der Waals surface area contributed by atoms with Gasteiger partial charge in [-0.1, -0.05) is 6.07 Å².